The van der Waals surface area contributed by atoms with Crippen molar-refractivity contribution < 1.29 is 5.11 Å². The van der Waals surface area contributed by atoms with Gasteiger partial charge in [0.05, 0.1) is 6.61 Å². The van der Waals surface area contributed by atoms with Crippen molar-refractivity contribution in [1.29, 1.82) is 0 Å². The van der Waals surface area contributed by atoms with Gasteiger partial charge in [-0.05, 0) is 20.4 Å². The highest BCUT2D eigenvalue weighted by molar-refractivity contribution is 4.86. The topological polar surface area (TPSA) is 52.7 Å². The molecule has 0 aromatic heterocycles. The third-order valence-corrected chi connectivity index (χ3v) is 3.54. The van der Waals surface area contributed by atoms with Gasteiger partial charge in [0.1, 0.15) is 0 Å². The number of nitrogens with two attached hydrogens (primary N) is 1. The summed E-state index contributed by atoms with van der Waals surface area (Å²) in [5.74, 6) is 0. The van der Waals surface area contributed by atoms with Crippen molar-refractivity contribution in [3.8, 4) is 0 Å². The van der Waals surface area contributed by atoms with Crippen LogP contribution in [0.4, 0.5) is 0 Å². The Hall–Kier alpha value is -0.160. The molecule has 1 saturated heterocycles. The molecule has 3 unspecified atom stereocenters. The Labute approximate surface area is 93.0 Å². The van der Waals surface area contributed by atoms with Gasteiger partial charge in [0.2, 0.25) is 0 Å². The van der Waals surface area contributed by atoms with Crippen molar-refractivity contribution in [2.45, 2.75) is 38.4 Å². The van der Waals surface area contributed by atoms with Crippen molar-refractivity contribution in [3.63, 3.8) is 0 Å². The monoisotopic (exact) mass is 215 g/mol. The van der Waals surface area contributed by atoms with Gasteiger partial charge in [-0.3, -0.25) is 4.90 Å². The summed E-state index contributed by atoms with van der Waals surface area (Å²) in [5, 5.41) is 9.34. The van der Waals surface area contributed by atoms with Gasteiger partial charge in [-0.1, -0.05) is 6.92 Å². The van der Waals surface area contributed by atoms with Crippen molar-refractivity contribution in [2.24, 2.45) is 5.73 Å². The Morgan fingerprint density at radius 3 is 2.60 bits per heavy atom. The third-order valence-electron chi connectivity index (χ3n) is 3.54. The molecule has 0 amide bonds. The van der Waals surface area contributed by atoms with Crippen LogP contribution in [0.2, 0.25) is 0 Å². The van der Waals surface area contributed by atoms with Gasteiger partial charge in [0, 0.05) is 37.8 Å². The van der Waals surface area contributed by atoms with E-state index in [1.165, 1.54) is 0 Å². The highest BCUT2D eigenvalue weighted by atomic mass is 16.3. The lowest BCUT2D eigenvalue weighted by molar-refractivity contribution is 0.0322. The number of piperazine rings is 1. The van der Waals surface area contributed by atoms with Crippen molar-refractivity contribution >= 4 is 0 Å². The van der Waals surface area contributed by atoms with Gasteiger partial charge in [-0.2, -0.15) is 0 Å². The van der Waals surface area contributed by atoms with E-state index in [1.807, 2.05) is 6.92 Å². The Bertz CT molecular complexity index is 187. The summed E-state index contributed by atoms with van der Waals surface area (Å²) in [6.07, 6.45) is 1.16. The van der Waals surface area contributed by atoms with Crippen LogP contribution in [0.5, 0.6) is 0 Å². The first kappa shape index (κ1) is 12.9. The lowest BCUT2D eigenvalue weighted by Gasteiger charge is -2.43. The summed E-state index contributed by atoms with van der Waals surface area (Å²) >= 11 is 0. The van der Waals surface area contributed by atoms with Gasteiger partial charge in [-0.25, -0.2) is 0 Å². The largest absolute Gasteiger partial charge is 0.395 e. The van der Waals surface area contributed by atoms with Gasteiger partial charge < -0.3 is 15.7 Å². The van der Waals surface area contributed by atoms with E-state index >= 15 is 0 Å². The molecule has 0 aromatic rings. The molecule has 0 aliphatic carbocycles. The van der Waals surface area contributed by atoms with Crippen LogP contribution in [0.25, 0.3) is 0 Å². The molecule has 0 spiro atoms. The SMILES string of the molecule is CCC1CN(C(CO)C(C)N)CCN1C. The molecule has 0 radical (unpaired) electrons. The predicted molar refractivity (Wildman–Crippen MR) is 62.8 cm³/mol. The van der Waals surface area contributed by atoms with Crippen LogP contribution < -0.4 is 5.73 Å². The minimum Gasteiger partial charge on any atom is -0.395 e. The van der Waals surface area contributed by atoms with Crippen LogP contribution in [0, 0.1) is 0 Å². The molecule has 1 aliphatic rings. The summed E-state index contributed by atoms with van der Waals surface area (Å²) in [7, 11) is 2.17. The average molecular weight is 215 g/mol. The average Bonchev–Trinajstić information content (AvgIpc) is 2.21. The fourth-order valence-electron chi connectivity index (χ4n) is 2.33. The van der Waals surface area contributed by atoms with Crippen LogP contribution >= 0.6 is 0 Å². The number of rotatable bonds is 4. The number of aliphatic hydroxyl groups excluding tert-OH is 1. The van der Waals surface area contributed by atoms with Gasteiger partial charge in [0.15, 0.2) is 0 Å². The van der Waals surface area contributed by atoms with E-state index in [1.54, 1.807) is 0 Å². The molecule has 3 atom stereocenters. The number of hydrogen-bond acceptors (Lipinski definition) is 4. The molecule has 1 fully saturated rings. The van der Waals surface area contributed by atoms with Crippen LogP contribution in [-0.4, -0.2) is 66.3 Å². The molecule has 15 heavy (non-hydrogen) atoms. The molecule has 4 nitrogen and oxygen atoms in total. The van der Waals surface area contributed by atoms with E-state index in [2.05, 4.69) is 23.8 Å². The Balaban J connectivity index is 2.56. The van der Waals surface area contributed by atoms with E-state index < -0.39 is 0 Å². The summed E-state index contributed by atoms with van der Waals surface area (Å²) in [6.45, 7) is 7.46. The Morgan fingerprint density at radius 2 is 2.13 bits per heavy atom. The second kappa shape index (κ2) is 5.80. The van der Waals surface area contributed by atoms with Gasteiger partial charge in [-0.15, -0.1) is 0 Å². The summed E-state index contributed by atoms with van der Waals surface area (Å²) < 4.78 is 0. The third kappa shape index (κ3) is 3.14. The Morgan fingerprint density at radius 1 is 1.47 bits per heavy atom. The van der Waals surface area contributed by atoms with Crippen LogP contribution in [-0.2, 0) is 0 Å². The maximum atomic E-state index is 9.34. The fraction of sp³-hybridized carbons (Fsp3) is 1.00. The van der Waals surface area contributed by atoms with E-state index in [4.69, 9.17) is 5.73 Å². The lowest BCUT2D eigenvalue weighted by Crippen LogP contribution is -2.58. The smallest absolute Gasteiger partial charge is 0.0601 e. The molecule has 1 heterocycles. The van der Waals surface area contributed by atoms with E-state index in [-0.39, 0.29) is 18.7 Å². The molecular formula is C11H25N3O. The summed E-state index contributed by atoms with van der Waals surface area (Å²) in [6, 6.07) is 0.759. The predicted octanol–water partition coefficient (Wildman–Crippen LogP) is -0.279. The fourth-order valence-corrected chi connectivity index (χ4v) is 2.33. The summed E-state index contributed by atoms with van der Waals surface area (Å²) in [5.41, 5.74) is 5.88. The molecule has 0 aromatic carbocycles. The second-order valence-electron chi connectivity index (χ2n) is 4.65. The standard InChI is InChI=1S/C11H25N3O/c1-4-10-7-14(6-5-13(10)3)11(8-15)9(2)12/h9-11,15H,4-8,12H2,1-3H3. The van der Waals surface area contributed by atoms with E-state index in [9.17, 15) is 5.11 Å². The highest BCUT2D eigenvalue weighted by Gasteiger charge is 2.29. The summed E-state index contributed by atoms with van der Waals surface area (Å²) in [4.78, 5) is 4.73. The van der Waals surface area contributed by atoms with Crippen molar-refractivity contribution in [1.82, 2.24) is 9.80 Å². The van der Waals surface area contributed by atoms with Crippen LogP contribution in [0.15, 0.2) is 0 Å². The molecule has 1 rings (SSSR count). The Kier molecular flexibility index (Phi) is 4.99. The molecule has 3 N–H and O–H groups in total. The first-order valence-electron chi connectivity index (χ1n) is 5.90. The minimum absolute atomic E-state index is 0.0379. The highest BCUT2D eigenvalue weighted by Crippen LogP contribution is 2.14. The zero-order valence-corrected chi connectivity index (χ0v) is 10.2. The molecule has 1 aliphatic heterocycles. The minimum atomic E-state index is 0.0379. The number of aliphatic hydroxyl groups is 1. The van der Waals surface area contributed by atoms with Crippen LogP contribution in [0.3, 0.4) is 0 Å². The van der Waals surface area contributed by atoms with Crippen molar-refractivity contribution in [3.05, 3.63) is 0 Å². The maximum absolute atomic E-state index is 9.34. The van der Waals surface area contributed by atoms with Crippen LogP contribution in [0.1, 0.15) is 20.3 Å². The zero-order chi connectivity index (χ0) is 11.4. The molecule has 0 saturated carbocycles. The molecular weight excluding hydrogens is 190 g/mol. The zero-order valence-electron chi connectivity index (χ0n) is 10.2. The van der Waals surface area contributed by atoms with E-state index in [0.717, 1.165) is 26.1 Å². The van der Waals surface area contributed by atoms with Gasteiger partial charge >= 0.3 is 0 Å². The van der Waals surface area contributed by atoms with Crippen molar-refractivity contribution in [2.75, 3.05) is 33.3 Å². The second-order valence-corrected chi connectivity index (χ2v) is 4.65. The molecule has 0 bridgehead atoms. The maximum Gasteiger partial charge on any atom is 0.0601 e. The normalized spacial score (nSPS) is 29.0. The lowest BCUT2D eigenvalue weighted by atomic mass is 10.0. The first-order chi connectivity index (χ1) is 7.10. The number of likely N-dealkylation sites (N-methyl/N-ethyl adjacent to an activating group) is 1. The molecule has 4 heteroatoms. The molecule has 90 valence electrons. The first-order valence-corrected chi connectivity index (χ1v) is 5.90. The van der Waals surface area contributed by atoms with E-state index in [0.29, 0.717) is 6.04 Å². The number of hydrogen-bond donors (Lipinski definition) is 2. The van der Waals surface area contributed by atoms with Gasteiger partial charge in [0.25, 0.3) is 0 Å². The quantitative estimate of drug-likeness (QED) is 0.677. The number of nitrogens with zero attached hydrogens (tertiary/aromatic N) is 2.